The van der Waals surface area contributed by atoms with Crippen LogP contribution >= 0.6 is 11.8 Å². The van der Waals surface area contributed by atoms with E-state index in [0.717, 1.165) is 11.8 Å². The number of carbonyl (C=O) groups excluding carboxylic acids is 1. The Hall–Kier alpha value is -2.10. The van der Waals surface area contributed by atoms with Gasteiger partial charge in [-0.15, -0.1) is 10.2 Å². The third-order valence-corrected chi connectivity index (χ3v) is 2.96. The monoisotopic (exact) mass is 318 g/mol. The van der Waals surface area contributed by atoms with Crippen LogP contribution in [0.1, 0.15) is 0 Å². The van der Waals surface area contributed by atoms with Crippen LogP contribution in [0.25, 0.3) is 11.5 Å². The first-order valence-corrected chi connectivity index (χ1v) is 6.63. The van der Waals surface area contributed by atoms with Crippen LogP contribution in [0.15, 0.2) is 34.2 Å². The van der Waals surface area contributed by atoms with Gasteiger partial charge in [-0.2, -0.15) is 13.2 Å². The highest BCUT2D eigenvalue weighted by molar-refractivity contribution is 7.99. The Morgan fingerprint density at radius 3 is 2.67 bits per heavy atom. The Balaban J connectivity index is 1.85. The highest BCUT2D eigenvalue weighted by Gasteiger charge is 2.27. The zero-order valence-corrected chi connectivity index (χ0v) is 11.2. The van der Waals surface area contributed by atoms with E-state index in [2.05, 4.69) is 15.2 Å². The molecule has 1 N–H and O–H groups in total. The van der Waals surface area contributed by atoms with Gasteiger partial charge in [0.05, 0.1) is 5.75 Å². The minimum atomic E-state index is -4.43. The molecule has 0 bridgehead atoms. The molecule has 0 fully saturated rings. The summed E-state index contributed by atoms with van der Waals surface area (Å²) in [4.78, 5) is 15.0. The number of halogens is 3. The van der Waals surface area contributed by atoms with Gasteiger partial charge in [0.15, 0.2) is 0 Å². The highest BCUT2D eigenvalue weighted by atomic mass is 32.2. The summed E-state index contributed by atoms with van der Waals surface area (Å²) in [7, 11) is 0. The van der Waals surface area contributed by atoms with E-state index >= 15 is 0 Å². The van der Waals surface area contributed by atoms with Crippen molar-refractivity contribution in [2.24, 2.45) is 0 Å². The minimum Gasteiger partial charge on any atom is -0.411 e. The summed E-state index contributed by atoms with van der Waals surface area (Å²) in [6.45, 7) is -1.36. The molecule has 0 unspecified atom stereocenters. The Morgan fingerprint density at radius 1 is 1.29 bits per heavy atom. The largest absolute Gasteiger partial charge is 0.411 e. The molecule has 0 aliphatic carbocycles. The molecular formula is C11H9F3N4O2S. The second-order valence-electron chi connectivity index (χ2n) is 3.79. The molecule has 0 spiro atoms. The lowest BCUT2D eigenvalue weighted by Gasteiger charge is -2.06. The molecule has 112 valence electrons. The predicted molar refractivity (Wildman–Crippen MR) is 67.3 cm³/mol. The van der Waals surface area contributed by atoms with Crippen LogP contribution < -0.4 is 5.32 Å². The topological polar surface area (TPSA) is 80.9 Å². The Morgan fingerprint density at radius 2 is 2.00 bits per heavy atom. The number of pyridine rings is 1. The van der Waals surface area contributed by atoms with Crippen LogP contribution in [0.5, 0.6) is 0 Å². The lowest BCUT2D eigenvalue weighted by Crippen LogP contribution is -2.34. The van der Waals surface area contributed by atoms with Crippen molar-refractivity contribution in [3.63, 3.8) is 0 Å². The maximum Gasteiger partial charge on any atom is 0.405 e. The van der Waals surface area contributed by atoms with E-state index in [1.807, 2.05) is 0 Å². The minimum absolute atomic E-state index is 0.101. The summed E-state index contributed by atoms with van der Waals surface area (Å²) >= 11 is 0.859. The van der Waals surface area contributed by atoms with Crippen molar-refractivity contribution in [1.82, 2.24) is 20.5 Å². The number of amides is 1. The molecule has 2 aromatic rings. The molecule has 0 saturated carbocycles. The van der Waals surface area contributed by atoms with Crippen LogP contribution in [0.2, 0.25) is 0 Å². The standard InChI is InChI=1S/C11H9F3N4O2S/c12-11(13,14)6-16-8(19)5-21-10-18-17-9(20-10)7-1-3-15-4-2-7/h1-4H,5-6H2,(H,16,19). The first-order valence-electron chi connectivity index (χ1n) is 5.64. The summed E-state index contributed by atoms with van der Waals surface area (Å²) < 4.78 is 41.0. The van der Waals surface area contributed by atoms with Gasteiger partial charge in [-0.25, -0.2) is 0 Å². The zero-order chi connectivity index (χ0) is 15.3. The van der Waals surface area contributed by atoms with Crippen molar-refractivity contribution < 1.29 is 22.4 Å². The van der Waals surface area contributed by atoms with Gasteiger partial charge in [0.2, 0.25) is 11.8 Å². The molecule has 10 heteroatoms. The summed E-state index contributed by atoms with van der Waals surface area (Å²) in [6, 6.07) is 3.33. The average Bonchev–Trinajstić information content (AvgIpc) is 2.92. The number of carbonyl (C=O) groups is 1. The Kier molecular flexibility index (Phi) is 4.78. The lowest BCUT2D eigenvalue weighted by atomic mass is 10.3. The Bertz CT molecular complexity index is 603. The molecule has 21 heavy (non-hydrogen) atoms. The second-order valence-corrected chi connectivity index (χ2v) is 4.72. The van der Waals surface area contributed by atoms with Crippen molar-refractivity contribution >= 4 is 17.7 Å². The Labute approximate surface area is 121 Å². The summed E-state index contributed by atoms with van der Waals surface area (Å²) in [5, 5.41) is 9.32. The first-order chi connectivity index (χ1) is 9.94. The van der Waals surface area contributed by atoms with Crippen LogP contribution in [-0.4, -0.2) is 39.6 Å². The van der Waals surface area contributed by atoms with Crippen LogP contribution in [0.3, 0.4) is 0 Å². The molecule has 0 aromatic carbocycles. The molecule has 0 aliphatic heterocycles. The van der Waals surface area contributed by atoms with Crippen LogP contribution in [0.4, 0.5) is 13.2 Å². The number of rotatable bonds is 5. The summed E-state index contributed by atoms with van der Waals surface area (Å²) in [5.41, 5.74) is 0.658. The number of nitrogens with one attached hydrogen (secondary N) is 1. The van der Waals surface area contributed by atoms with Gasteiger partial charge in [-0.3, -0.25) is 9.78 Å². The number of hydrogen-bond donors (Lipinski definition) is 1. The van der Waals surface area contributed by atoms with Crippen molar-refractivity contribution in [1.29, 1.82) is 0 Å². The molecule has 0 radical (unpaired) electrons. The molecule has 0 saturated heterocycles. The lowest BCUT2D eigenvalue weighted by molar-refractivity contribution is -0.136. The summed E-state index contributed by atoms with van der Waals surface area (Å²) in [6.07, 6.45) is -1.33. The molecule has 2 heterocycles. The second kappa shape index (κ2) is 6.57. The molecule has 0 aliphatic rings. The normalized spacial score (nSPS) is 11.4. The van der Waals surface area contributed by atoms with E-state index in [0.29, 0.717) is 5.56 Å². The van der Waals surface area contributed by atoms with Gasteiger partial charge in [0, 0.05) is 18.0 Å². The van der Waals surface area contributed by atoms with E-state index in [-0.39, 0.29) is 16.9 Å². The fourth-order valence-corrected chi connectivity index (χ4v) is 1.85. The van der Waals surface area contributed by atoms with Gasteiger partial charge >= 0.3 is 6.18 Å². The average molecular weight is 318 g/mol. The van der Waals surface area contributed by atoms with Gasteiger partial charge in [0.1, 0.15) is 6.54 Å². The molecule has 2 rings (SSSR count). The van der Waals surface area contributed by atoms with Crippen molar-refractivity contribution in [3.05, 3.63) is 24.5 Å². The SMILES string of the molecule is O=C(CSc1nnc(-c2ccncc2)o1)NCC(F)(F)F. The third kappa shape index (κ3) is 5.06. The quantitative estimate of drug-likeness (QED) is 0.848. The number of aromatic nitrogens is 3. The van der Waals surface area contributed by atoms with Crippen LogP contribution in [-0.2, 0) is 4.79 Å². The number of nitrogens with zero attached hydrogens (tertiary/aromatic N) is 3. The van der Waals surface area contributed by atoms with E-state index in [9.17, 15) is 18.0 Å². The van der Waals surface area contributed by atoms with E-state index in [1.54, 1.807) is 29.8 Å². The zero-order valence-electron chi connectivity index (χ0n) is 10.4. The summed E-state index contributed by atoms with van der Waals surface area (Å²) in [5.74, 6) is -0.759. The number of hydrogen-bond acceptors (Lipinski definition) is 6. The molecule has 0 atom stereocenters. The fourth-order valence-electron chi connectivity index (χ4n) is 1.26. The molecule has 6 nitrogen and oxygen atoms in total. The van der Waals surface area contributed by atoms with Gasteiger partial charge in [0.25, 0.3) is 5.22 Å². The van der Waals surface area contributed by atoms with Crippen molar-refractivity contribution in [2.45, 2.75) is 11.4 Å². The van der Waals surface area contributed by atoms with E-state index in [1.165, 1.54) is 0 Å². The predicted octanol–water partition coefficient (Wildman–Crippen LogP) is 1.90. The van der Waals surface area contributed by atoms with Gasteiger partial charge in [-0.05, 0) is 12.1 Å². The fraction of sp³-hybridized carbons (Fsp3) is 0.273. The number of alkyl halides is 3. The van der Waals surface area contributed by atoms with Crippen LogP contribution in [0, 0.1) is 0 Å². The van der Waals surface area contributed by atoms with Gasteiger partial charge < -0.3 is 9.73 Å². The third-order valence-electron chi connectivity index (χ3n) is 2.15. The maximum absolute atomic E-state index is 11.9. The smallest absolute Gasteiger partial charge is 0.405 e. The molecular weight excluding hydrogens is 309 g/mol. The van der Waals surface area contributed by atoms with Gasteiger partial charge in [-0.1, -0.05) is 11.8 Å². The van der Waals surface area contributed by atoms with Crippen molar-refractivity contribution in [3.8, 4) is 11.5 Å². The highest BCUT2D eigenvalue weighted by Crippen LogP contribution is 2.22. The van der Waals surface area contributed by atoms with Crippen molar-refractivity contribution in [2.75, 3.05) is 12.3 Å². The van der Waals surface area contributed by atoms with E-state index in [4.69, 9.17) is 4.42 Å². The number of thioether (sulfide) groups is 1. The first kappa shape index (κ1) is 15.3. The molecule has 2 aromatic heterocycles. The van der Waals surface area contributed by atoms with E-state index < -0.39 is 18.6 Å². The maximum atomic E-state index is 11.9. The molecule has 1 amide bonds.